The third kappa shape index (κ3) is 12.7. The van der Waals surface area contributed by atoms with Crippen LogP contribution in [0.4, 0.5) is 0 Å². The van der Waals surface area contributed by atoms with Gasteiger partial charge in [-0.3, -0.25) is 0 Å². The first-order valence-electron chi connectivity index (χ1n) is 3.56. The molecule has 0 bridgehead atoms. The molecule has 0 aromatic carbocycles. The summed E-state index contributed by atoms with van der Waals surface area (Å²) in [6.07, 6.45) is 15.3. The maximum Gasteiger partial charge on any atom is 1.00 e. The zero-order valence-corrected chi connectivity index (χ0v) is 11.5. The molecule has 10 radical (unpaired) electrons. The maximum absolute atomic E-state index is 4.75. The Morgan fingerprint density at radius 3 is 0.867 bits per heavy atom. The van der Waals surface area contributed by atoms with Crippen LogP contribution >= 0.6 is 0 Å². The molecule has 2 saturated carbocycles. The van der Waals surface area contributed by atoms with Crippen molar-refractivity contribution in [3.05, 3.63) is 61.9 Å². The van der Waals surface area contributed by atoms with Gasteiger partial charge in [-0.2, -0.15) is 10.5 Å². The monoisotopic (exact) mass is 262 g/mol. The van der Waals surface area contributed by atoms with Crippen molar-refractivity contribution in [2.75, 3.05) is 0 Å². The largest absolute Gasteiger partial charge is 1.00 e. The summed E-state index contributed by atoms with van der Waals surface area (Å²) in [5, 5.41) is 1.85. The molecule has 2 rings (SSSR count). The van der Waals surface area contributed by atoms with Crippen molar-refractivity contribution in [2.24, 2.45) is 0 Å². The van der Waals surface area contributed by atoms with E-state index >= 15 is 0 Å². The Morgan fingerprint density at radius 2 is 0.800 bits per heavy atom. The molecule has 0 heterocycles. The molecule has 0 aromatic rings. The van der Waals surface area contributed by atoms with E-state index in [1.54, 1.807) is 0 Å². The van der Waals surface area contributed by atoms with Crippen molar-refractivity contribution in [1.29, 1.82) is 0 Å². The molecule has 0 atom stereocenters. The third-order valence-electron chi connectivity index (χ3n) is 1.26. The zero-order valence-electron chi connectivity index (χ0n) is 8.79. The van der Waals surface area contributed by atoms with Crippen LogP contribution in [-0.4, -0.2) is 0 Å². The van der Waals surface area contributed by atoms with Crippen LogP contribution < -0.4 is 37.7 Å². The maximum atomic E-state index is 4.75. The van der Waals surface area contributed by atoms with Crippen molar-refractivity contribution in [1.82, 2.24) is 0 Å². The predicted octanol–water partition coefficient (Wildman–Crippen LogP) is -4.20. The molecular weight excluding hydrogens is 254 g/mol. The van der Waals surface area contributed by atoms with E-state index in [-0.39, 0.29) is 54.8 Å². The molecule has 0 aliphatic heterocycles. The molecule has 5 heteroatoms. The van der Waals surface area contributed by atoms with Gasteiger partial charge in [0.1, 0.15) is 0 Å². The third-order valence-corrected chi connectivity index (χ3v) is 1.81. The summed E-state index contributed by atoms with van der Waals surface area (Å²) in [6.45, 7) is 0. The van der Waals surface area contributed by atoms with Crippen LogP contribution in [0.5, 0.6) is 0 Å². The van der Waals surface area contributed by atoms with Gasteiger partial charge < -0.3 is 25.3 Å². The van der Waals surface area contributed by atoms with E-state index in [4.69, 9.17) is 25.3 Å². The fourth-order valence-corrected chi connectivity index (χ4v) is 1.03. The second-order valence-corrected chi connectivity index (χ2v) is 3.18. The summed E-state index contributed by atoms with van der Waals surface area (Å²) in [5.41, 5.74) is 0. The number of rotatable bonds is 0. The molecule has 0 aromatic heterocycles. The fourth-order valence-electron chi connectivity index (χ4n) is 0.713. The van der Waals surface area contributed by atoms with Crippen molar-refractivity contribution in [3.63, 3.8) is 0 Å². The zero-order chi connectivity index (χ0) is 8.81. The molecule has 0 spiro atoms. The first-order chi connectivity index (χ1) is 5.79. The Bertz CT molecular complexity index is 102. The van der Waals surface area contributed by atoms with Gasteiger partial charge in [-0.05, 0) is 25.7 Å². The predicted molar refractivity (Wildman–Crippen MR) is 55.6 cm³/mol. The van der Waals surface area contributed by atoms with E-state index in [1.807, 2.05) is 51.4 Å². The summed E-state index contributed by atoms with van der Waals surface area (Å²) in [6, 6.07) is 0. The second kappa shape index (κ2) is 14.5. The van der Waals surface area contributed by atoms with Crippen LogP contribution in [0.15, 0.2) is 0 Å². The minimum atomic E-state index is 0. The molecule has 0 amide bonds. The molecule has 0 unspecified atom stereocenters. The van der Waals surface area contributed by atoms with Gasteiger partial charge in [0.15, 0.2) is 0 Å². The molecular formula is C10H8FeLi2S2. The summed E-state index contributed by atoms with van der Waals surface area (Å²) in [4.78, 5) is 0. The van der Waals surface area contributed by atoms with Gasteiger partial charge in [0.25, 0.3) is 0 Å². The summed E-state index contributed by atoms with van der Waals surface area (Å²) in [5.74, 6) is 0. The van der Waals surface area contributed by atoms with E-state index < -0.39 is 0 Å². The summed E-state index contributed by atoms with van der Waals surface area (Å²) < 4.78 is 0. The smallest absolute Gasteiger partial charge is 0.787 e. The van der Waals surface area contributed by atoms with Crippen LogP contribution in [-0.2, 0) is 42.3 Å². The van der Waals surface area contributed by atoms with Gasteiger partial charge in [-0.25, -0.2) is 0 Å². The van der Waals surface area contributed by atoms with Gasteiger partial charge in [-0.15, -0.1) is 0 Å². The quantitative estimate of drug-likeness (QED) is 0.321. The second-order valence-electron chi connectivity index (χ2n) is 2.24. The Morgan fingerprint density at radius 1 is 0.600 bits per heavy atom. The van der Waals surface area contributed by atoms with E-state index in [2.05, 4.69) is 0 Å². The normalized spacial score (nSPS) is 20.4. The number of hydrogen-bond acceptors (Lipinski definition) is 2. The van der Waals surface area contributed by atoms with Crippen LogP contribution in [0, 0.1) is 61.9 Å². The molecule has 0 nitrogen and oxygen atoms in total. The number of hydrogen-bond donors (Lipinski definition) is 0. The van der Waals surface area contributed by atoms with E-state index in [0.717, 1.165) is 10.5 Å². The standard InChI is InChI=1S/2C5H4S.Fe.2Li/c2*6-5-3-1-2-4-5;;;/h2*1-4H;;;/q2*-1;;2*+1. The van der Waals surface area contributed by atoms with Gasteiger partial charge in [0, 0.05) is 17.1 Å². The van der Waals surface area contributed by atoms with E-state index in [1.165, 1.54) is 0 Å². The van der Waals surface area contributed by atoms with Gasteiger partial charge in [0.05, 0.1) is 0 Å². The molecule has 0 saturated heterocycles. The first-order valence-corrected chi connectivity index (χ1v) is 4.38. The molecule has 2 fully saturated rings. The van der Waals surface area contributed by atoms with Crippen LogP contribution in [0.25, 0.3) is 0 Å². The van der Waals surface area contributed by atoms with E-state index in [9.17, 15) is 0 Å². The molecule has 0 N–H and O–H groups in total. The average molecular weight is 262 g/mol. The SMILES string of the molecule is [Fe].[Li+].[Li+].[S-][C]1[CH][CH][CH][CH]1.[S-][C]1[CH][CH][CH][CH]1. The minimum absolute atomic E-state index is 0. The summed E-state index contributed by atoms with van der Waals surface area (Å²) in [7, 11) is 0. The molecule has 15 heavy (non-hydrogen) atoms. The molecule has 2 aliphatic rings. The first kappa shape index (κ1) is 22.6. The average Bonchev–Trinajstić information content (AvgIpc) is 2.63. The van der Waals surface area contributed by atoms with Crippen molar-refractivity contribution < 1.29 is 54.8 Å². The Labute approximate surface area is 141 Å². The van der Waals surface area contributed by atoms with E-state index in [0.29, 0.717) is 0 Å². The molecule has 2 aliphatic carbocycles. The van der Waals surface area contributed by atoms with Gasteiger partial charge in [-0.1, -0.05) is 25.7 Å². The van der Waals surface area contributed by atoms with Gasteiger partial charge in [0.2, 0.25) is 0 Å². The van der Waals surface area contributed by atoms with Gasteiger partial charge >= 0.3 is 37.7 Å². The van der Waals surface area contributed by atoms with Crippen LogP contribution in [0.3, 0.4) is 0 Å². The molecule has 70 valence electrons. The van der Waals surface area contributed by atoms with Crippen molar-refractivity contribution >= 4 is 25.3 Å². The van der Waals surface area contributed by atoms with Crippen LogP contribution in [0.1, 0.15) is 0 Å². The Hall–Kier alpha value is 2.41. The Kier molecular flexibility index (Phi) is 21.8. The fraction of sp³-hybridized carbons (Fsp3) is 0. The topological polar surface area (TPSA) is 0 Å². The Balaban J connectivity index is -0.000000160. The van der Waals surface area contributed by atoms with Crippen LogP contribution in [0.2, 0.25) is 0 Å². The minimum Gasteiger partial charge on any atom is -0.787 e. The van der Waals surface area contributed by atoms with Crippen molar-refractivity contribution in [3.8, 4) is 0 Å². The van der Waals surface area contributed by atoms with Crippen molar-refractivity contribution in [2.45, 2.75) is 0 Å². The summed E-state index contributed by atoms with van der Waals surface area (Å²) >= 11 is 9.49.